The first-order valence-corrected chi connectivity index (χ1v) is 8.31. The molecule has 0 saturated carbocycles. The van der Waals surface area contributed by atoms with Crippen molar-refractivity contribution in [3.05, 3.63) is 14.9 Å². The maximum absolute atomic E-state index is 11.9. The van der Waals surface area contributed by atoms with Crippen LogP contribution >= 0.6 is 38.9 Å². The molecular weight excluding hydrogens is 334 g/mol. The Morgan fingerprint density at radius 3 is 2.69 bits per heavy atom. The van der Waals surface area contributed by atoms with Crippen LogP contribution in [0.3, 0.4) is 0 Å². The highest BCUT2D eigenvalue weighted by Gasteiger charge is 2.20. The van der Waals surface area contributed by atoms with Crippen molar-refractivity contribution in [3.63, 3.8) is 0 Å². The molecule has 0 bridgehead atoms. The molecular formula is C9H13BrClNO2S2. The molecule has 1 aromatic heterocycles. The van der Waals surface area contributed by atoms with Crippen LogP contribution in [0, 0.1) is 0 Å². The lowest BCUT2D eigenvalue weighted by Gasteiger charge is -2.11. The minimum Gasteiger partial charge on any atom is -0.208 e. The van der Waals surface area contributed by atoms with Gasteiger partial charge in [-0.05, 0) is 35.3 Å². The highest BCUT2D eigenvalue weighted by atomic mass is 79.9. The Balaban J connectivity index is 2.86. The van der Waals surface area contributed by atoms with Gasteiger partial charge in [-0.3, -0.25) is 0 Å². The number of rotatable bonds is 5. The van der Waals surface area contributed by atoms with Crippen LogP contribution in [0.1, 0.15) is 26.7 Å². The lowest BCUT2D eigenvalue weighted by atomic mass is 10.2. The summed E-state index contributed by atoms with van der Waals surface area (Å²) in [5.74, 6) is 0. The number of sulfonamides is 1. The number of hydrogen-bond donors (Lipinski definition) is 1. The molecule has 0 aliphatic rings. The van der Waals surface area contributed by atoms with Gasteiger partial charge >= 0.3 is 0 Å². The van der Waals surface area contributed by atoms with Gasteiger partial charge in [0.15, 0.2) is 0 Å². The van der Waals surface area contributed by atoms with Crippen molar-refractivity contribution in [1.29, 1.82) is 0 Å². The van der Waals surface area contributed by atoms with Gasteiger partial charge in [-0.25, -0.2) is 13.1 Å². The average Bonchev–Trinajstić information content (AvgIpc) is 2.47. The van der Waals surface area contributed by atoms with Crippen molar-refractivity contribution in [2.24, 2.45) is 0 Å². The van der Waals surface area contributed by atoms with Gasteiger partial charge in [-0.2, -0.15) is 0 Å². The van der Waals surface area contributed by atoms with E-state index in [4.69, 9.17) is 11.6 Å². The molecule has 1 heterocycles. The molecule has 16 heavy (non-hydrogen) atoms. The largest absolute Gasteiger partial charge is 0.250 e. The second-order valence-corrected chi connectivity index (χ2v) is 8.22. The Labute approximate surface area is 113 Å². The van der Waals surface area contributed by atoms with E-state index < -0.39 is 10.0 Å². The van der Waals surface area contributed by atoms with E-state index in [-0.39, 0.29) is 10.3 Å². The highest BCUT2D eigenvalue weighted by Crippen LogP contribution is 2.34. The fourth-order valence-corrected chi connectivity index (χ4v) is 4.97. The zero-order valence-electron chi connectivity index (χ0n) is 8.96. The molecule has 0 radical (unpaired) electrons. The van der Waals surface area contributed by atoms with Crippen LogP contribution < -0.4 is 4.72 Å². The first-order valence-electron chi connectivity index (χ1n) is 4.84. The molecule has 1 aromatic rings. The van der Waals surface area contributed by atoms with E-state index in [1.54, 1.807) is 0 Å². The summed E-state index contributed by atoms with van der Waals surface area (Å²) in [6.07, 6.45) is 1.76. The molecule has 92 valence electrons. The van der Waals surface area contributed by atoms with Crippen LogP contribution in [-0.2, 0) is 10.0 Å². The van der Waals surface area contributed by atoms with Crippen LogP contribution in [0.2, 0.25) is 5.02 Å². The van der Waals surface area contributed by atoms with Crippen molar-refractivity contribution < 1.29 is 8.42 Å². The van der Waals surface area contributed by atoms with Crippen LogP contribution in [0.5, 0.6) is 0 Å². The Morgan fingerprint density at radius 2 is 2.25 bits per heavy atom. The molecule has 0 spiro atoms. The molecule has 0 amide bonds. The first kappa shape index (κ1) is 14.4. The summed E-state index contributed by atoms with van der Waals surface area (Å²) in [5.41, 5.74) is 0. The molecule has 1 atom stereocenters. The Kier molecular flexibility index (Phi) is 5.25. The van der Waals surface area contributed by atoms with Gasteiger partial charge in [0.25, 0.3) is 0 Å². The van der Waals surface area contributed by atoms with Gasteiger partial charge in [-0.15, -0.1) is 11.3 Å². The molecule has 1 N–H and O–H groups in total. The Hall–Kier alpha value is 0.380. The van der Waals surface area contributed by atoms with Crippen molar-refractivity contribution >= 4 is 48.9 Å². The van der Waals surface area contributed by atoms with Crippen LogP contribution in [0.4, 0.5) is 0 Å². The van der Waals surface area contributed by atoms with Gasteiger partial charge in [0, 0.05) is 6.04 Å². The number of halogens is 2. The van der Waals surface area contributed by atoms with E-state index in [0.717, 1.165) is 24.2 Å². The van der Waals surface area contributed by atoms with E-state index in [2.05, 4.69) is 20.7 Å². The van der Waals surface area contributed by atoms with E-state index in [1.807, 2.05) is 13.8 Å². The third-order valence-corrected chi connectivity index (χ3v) is 6.50. The third-order valence-electron chi connectivity index (χ3n) is 1.97. The summed E-state index contributed by atoms with van der Waals surface area (Å²) in [4.78, 5) is 0. The lowest BCUT2D eigenvalue weighted by Crippen LogP contribution is -2.31. The monoisotopic (exact) mass is 345 g/mol. The van der Waals surface area contributed by atoms with E-state index in [9.17, 15) is 8.42 Å². The zero-order chi connectivity index (χ0) is 12.3. The molecule has 7 heteroatoms. The van der Waals surface area contributed by atoms with Crippen LogP contribution in [0.25, 0.3) is 0 Å². The van der Waals surface area contributed by atoms with Crippen LogP contribution in [-0.4, -0.2) is 14.5 Å². The SMILES string of the molecule is CCCC(C)NS(=O)(=O)c1cc(Cl)c(Br)s1. The van der Waals surface area contributed by atoms with Crippen LogP contribution in [0.15, 0.2) is 14.1 Å². The van der Waals surface area contributed by atoms with Gasteiger partial charge < -0.3 is 0 Å². The summed E-state index contributed by atoms with van der Waals surface area (Å²) < 4.78 is 27.3. The summed E-state index contributed by atoms with van der Waals surface area (Å²) in [5, 5.41) is 0.425. The molecule has 1 unspecified atom stereocenters. The van der Waals surface area contributed by atoms with Crippen molar-refractivity contribution in [3.8, 4) is 0 Å². The smallest absolute Gasteiger partial charge is 0.208 e. The van der Waals surface area contributed by atoms with Crippen molar-refractivity contribution in [1.82, 2.24) is 4.72 Å². The zero-order valence-corrected chi connectivity index (χ0v) is 12.9. The minimum atomic E-state index is -3.43. The van der Waals surface area contributed by atoms with Gasteiger partial charge in [-0.1, -0.05) is 24.9 Å². The summed E-state index contributed by atoms with van der Waals surface area (Å²) >= 11 is 10.1. The summed E-state index contributed by atoms with van der Waals surface area (Å²) in [7, 11) is -3.43. The second-order valence-electron chi connectivity index (χ2n) is 3.50. The number of hydrogen-bond acceptors (Lipinski definition) is 3. The quantitative estimate of drug-likeness (QED) is 0.885. The van der Waals surface area contributed by atoms with E-state index in [1.165, 1.54) is 6.07 Å². The topological polar surface area (TPSA) is 46.2 Å². The normalized spacial score (nSPS) is 14.0. The fraction of sp³-hybridized carbons (Fsp3) is 0.556. The summed E-state index contributed by atoms with van der Waals surface area (Å²) in [6, 6.07) is 1.40. The molecule has 3 nitrogen and oxygen atoms in total. The molecule has 1 rings (SSSR count). The average molecular weight is 347 g/mol. The Morgan fingerprint density at radius 1 is 1.62 bits per heavy atom. The first-order chi connectivity index (χ1) is 7.36. The van der Waals surface area contributed by atoms with Gasteiger partial charge in [0.05, 0.1) is 8.81 Å². The maximum atomic E-state index is 11.9. The number of thiophene rings is 1. The van der Waals surface area contributed by atoms with Crippen molar-refractivity contribution in [2.75, 3.05) is 0 Å². The molecule has 0 aliphatic heterocycles. The molecule has 0 aliphatic carbocycles. The molecule has 0 fully saturated rings. The second kappa shape index (κ2) is 5.82. The van der Waals surface area contributed by atoms with Gasteiger partial charge in [0.1, 0.15) is 4.21 Å². The highest BCUT2D eigenvalue weighted by molar-refractivity contribution is 9.11. The predicted molar refractivity (Wildman–Crippen MR) is 71.7 cm³/mol. The maximum Gasteiger partial charge on any atom is 0.250 e. The number of nitrogens with one attached hydrogen (secondary N) is 1. The van der Waals surface area contributed by atoms with E-state index in [0.29, 0.717) is 8.81 Å². The van der Waals surface area contributed by atoms with Crippen molar-refractivity contribution in [2.45, 2.75) is 36.9 Å². The summed E-state index contributed by atoms with van der Waals surface area (Å²) in [6.45, 7) is 3.87. The third kappa shape index (κ3) is 3.70. The predicted octanol–water partition coefficient (Wildman–Crippen LogP) is 3.63. The van der Waals surface area contributed by atoms with E-state index >= 15 is 0 Å². The minimum absolute atomic E-state index is 0.0605. The molecule has 0 aromatic carbocycles. The molecule has 0 saturated heterocycles. The Bertz CT molecular complexity index is 439. The van der Waals surface area contributed by atoms with Gasteiger partial charge in [0.2, 0.25) is 10.0 Å². The fourth-order valence-electron chi connectivity index (χ4n) is 1.27. The standard InChI is InChI=1S/C9H13BrClNO2S2/c1-3-4-6(2)12-16(13,14)8-5-7(11)9(10)15-8/h5-6,12H,3-4H2,1-2H3. The lowest BCUT2D eigenvalue weighted by molar-refractivity contribution is 0.545.